The maximum absolute atomic E-state index is 6.29. The molecule has 2 aromatic heterocycles. The van der Waals surface area contributed by atoms with Crippen LogP contribution in [-0.4, -0.2) is 19.6 Å². The first-order valence-corrected chi connectivity index (χ1v) is 6.99. The van der Waals surface area contributed by atoms with Crippen molar-refractivity contribution in [1.82, 2.24) is 19.6 Å². The van der Waals surface area contributed by atoms with Crippen molar-refractivity contribution < 1.29 is 0 Å². The Bertz CT molecular complexity index is 975. The van der Waals surface area contributed by atoms with Gasteiger partial charge < -0.3 is 0 Å². The van der Waals surface area contributed by atoms with Crippen LogP contribution in [0.1, 0.15) is 5.82 Å². The molecule has 0 aliphatic heterocycles. The standard InChI is InChI=1S/C16H11ClN4/c1-10-18-14-9-5-3-7-12(14)16-20-19-15(21(10)16)11-6-2-4-8-13(11)17/h2-9H,1H3. The fourth-order valence-electron chi connectivity index (χ4n) is 2.57. The minimum absolute atomic E-state index is 0.652. The zero-order valence-electron chi connectivity index (χ0n) is 11.3. The van der Waals surface area contributed by atoms with Gasteiger partial charge in [-0.1, -0.05) is 35.9 Å². The molecule has 0 radical (unpaired) electrons. The van der Waals surface area contributed by atoms with E-state index in [1.165, 1.54) is 0 Å². The molecule has 0 saturated carbocycles. The molecule has 2 heterocycles. The number of aromatic nitrogens is 4. The number of fused-ring (bicyclic) bond motifs is 3. The van der Waals surface area contributed by atoms with Gasteiger partial charge in [0.2, 0.25) is 0 Å². The average molecular weight is 295 g/mol. The third-order valence-corrected chi connectivity index (χ3v) is 3.86. The molecule has 102 valence electrons. The van der Waals surface area contributed by atoms with Crippen LogP contribution in [0.2, 0.25) is 5.02 Å². The van der Waals surface area contributed by atoms with Crippen LogP contribution in [-0.2, 0) is 0 Å². The molecule has 4 aromatic rings. The van der Waals surface area contributed by atoms with E-state index in [0.29, 0.717) is 10.8 Å². The lowest BCUT2D eigenvalue weighted by molar-refractivity contribution is 1.01. The number of para-hydroxylation sites is 1. The van der Waals surface area contributed by atoms with Crippen LogP contribution in [0.4, 0.5) is 0 Å². The van der Waals surface area contributed by atoms with Gasteiger partial charge in [0, 0.05) is 10.9 Å². The Balaban J connectivity index is 2.14. The molecule has 0 unspecified atom stereocenters. The highest BCUT2D eigenvalue weighted by Gasteiger charge is 2.15. The first-order valence-electron chi connectivity index (χ1n) is 6.61. The normalized spacial score (nSPS) is 11.3. The summed E-state index contributed by atoms with van der Waals surface area (Å²) >= 11 is 6.29. The van der Waals surface area contributed by atoms with Gasteiger partial charge in [0.1, 0.15) is 5.82 Å². The van der Waals surface area contributed by atoms with E-state index < -0.39 is 0 Å². The van der Waals surface area contributed by atoms with E-state index in [9.17, 15) is 0 Å². The van der Waals surface area contributed by atoms with Crippen molar-refractivity contribution in [2.24, 2.45) is 0 Å². The number of aryl methyl sites for hydroxylation is 1. The second-order valence-electron chi connectivity index (χ2n) is 4.84. The molecule has 0 bridgehead atoms. The molecule has 0 amide bonds. The van der Waals surface area contributed by atoms with Gasteiger partial charge in [-0.25, -0.2) is 4.98 Å². The first-order chi connectivity index (χ1) is 10.3. The van der Waals surface area contributed by atoms with Gasteiger partial charge in [-0.3, -0.25) is 4.40 Å². The lowest BCUT2D eigenvalue weighted by atomic mass is 10.2. The maximum atomic E-state index is 6.29. The second-order valence-corrected chi connectivity index (χ2v) is 5.25. The van der Waals surface area contributed by atoms with Crippen LogP contribution < -0.4 is 0 Å². The third kappa shape index (κ3) is 1.80. The monoisotopic (exact) mass is 294 g/mol. The smallest absolute Gasteiger partial charge is 0.171 e. The summed E-state index contributed by atoms with van der Waals surface area (Å²) in [6, 6.07) is 15.5. The molecule has 4 rings (SSSR count). The SMILES string of the molecule is Cc1nc2ccccc2c2nnc(-c3ccccc3Cl)n12. The lowest BCUT2D eigenvalue weighted by Gasteiger charge is -2.07. The van der Waals surface area contributed by atoms with Crippen LogP contribution in [0.25, 0.3) is 27.9 Å². The number of hydrogen-bond donors (Lipinski definition) is 0. The zero-order valence-corrected chi connectivity index (χ0v) is 12.0. The number of benzene rings is 2. The van der Waals surface area contributed by atoms with Crippen LogP contribution in [0.5, 0.6) is 0 Å². The molecule has 5 heteroatoms. The van der Waals surface area contributed by atoms with Crippen LogP contribution in [0, 0.1) is 6.92 Å². The largest absolute Gasteiger partial charge is 0.262 e. The predicted octanol–water partition coefficient (Wildman–Crippen LogP) is 3.91. The molecule has 0 saturated heterocycles. The molecule has 2 aromatic carbocycles. The van der Waals surface area contributed by atoms with Crippen LogP contribution in [0.3, 0.4) is 0 Å². The molecule has 0 atom stereocenters. The number of rotatable bonds is 1. The van der Waals surface area contributed by atoms with Gasteiger partial charge in [0.15, 0.2) is 11.5 Å². The average Bonchev–Trinajstić information content (AvgIpc) is 2.93. The molecule has 0 aliphatic rings. The van der Waals surface area contributed by atoms with Crippen LogP contribution in [0.15, 0.2) is 48.5 Å². The highest BCUT2D eigenvalue weighted by molar-refractivity contribution is 6.33. The molecule has 21 heavy (non-hydrogen) atoms. The van der Waals surface area contributed by atoms with E-state index in [0.717, 1.165) is 27.9 Å². The Morgan fingerprint density at radius 3 is 2.57 bits per heavy atom. The Kier molecular flexibility index (Phi) is 2.65. The fourth-order valence-corrected chi connectivity index (χ4v) is 2.79. The van der Waals surface area contributed by atoms with E-state index in [2.05, 4.69) is 15.2 Å². The van der Waals surface area contributed by atoms with Crippen molar-refractivity contribution in [2.75, 3.05) is 0 Å². The van der Waals surface area contributed by atoms with E-state index >= 15 is 0 Å². The topological polar surface area (TPSA) is 43.1 Å². The first kappa shape index (κ1) is 12.3. The molecule has 0 aliphatic carbocycles. The van der Waals surface area contributed by atoms with Crippen molar-refractivity contribution in [1.29, 1.82) is 0 Å². The molecule has 0 spiro atoms. The fraction of sp³-hybridized carbons (Fsp3) is 0.0625. The van der Waals surface area contributed by atoms with Gasteiger partial charge in [-0.05, 0) is 31.2 Å². The second kappa shape index (κ2) is 4.53. The highest BCUT2D eigenvalue weighted by atomic mass is 35.5. The number of hydrogen-bond acceptors (Lipinski definition) is 3. The van der Waals surface area contributed by atoms with Gasteiger partial charge >= 0.3 is 0 Å². The number of halogens is 1. The van der Waals surface area contributed by atoms with Crippen molar-refractivity contribution in [2.45, 2.75) is 6.92 Å². The quantitative estimate of drug-likeness (QED) is 0.534. The van der Waals surface area contributed by atoms with Gasteiger partial charge in [0.05, 0.1) is 10.5 Å². The Morgan fingerprint density at radius 1 is 0.952 bits per heavy atom. The van der Waals surface area contributed by atoms with Crippen molar-refractivity contribution in [3.05, 3.63) is 59.4 Å². The third-order valence-electron chi connectivity index (χ3n) is 3.53. The molecule has 0 fully saturated rings. The molecular formula is C16H11ClN4. The van der Waals surface area contributed by atoms with Gasteiger partial charge in [-0.2, -0.15) is 0 Å². The maximum Gasteiger partial charge on any atom is 0.171 e. The Labute approximate surface area is 126 Å². The summed E-state index contributed by atoms with van der Waals surface area (Å²) in [5, 5.41) is 10.3. The Hall–Kier alpha value is -2.46. The summed E-state index contributed by atoms with van der Waals surface area (Å²) in [7, 11) is 0. The van der Waals surface area contributed by atoms with Crippen molar-refractivity contribution >= 4 is 28.2 Å². The summed E-state index contributed by atoms with van der Waals surface area (Å²) in [5.41, 5.74) is 2.57. The van der Waals surface area contributed by atoms with Gasteiger partial charge in [-0.15, -0.1) is 10.2 Å². The minimum atomic E-state index is 0.652. The van der Waals surface area contributed by atoms with Crippen LogP contribution >= 0.6 is 11.6 Å². The number of nitrogens with zero attached hydrogens (tertiary/aromatic N) is 4. The summed E-state index contributed by atoms with van der Waals surface area (Å²) in [4.78, 5) is 4.63. The summed E-state index contributed by atoms with van der Waals surface area (Å²) in [6.07, 6.45) is 0. The minimum Gasteiger partial charge on any atom is -0.262 e. The van der Waals surface area contributed by atoms with E-state index in [1.807, 2.05) is 59.9 Å². The van der Waals surface area contributed by atoms with E-state index in [4.69, 9.17) is 11.6 Å². The molecule has 0 N–H and O–H groups in total. The lowest BCUT2D eigenvalue weighted by Crippen LogP contribution is -1.99. The summed E-state index contributed by atoms with van der Waals surface area (Å²) < 4.78 is 1.95. The van der Waals surface area contributed by atoms with E-state index in [1.54, 1.807) is 0 Å². The zero-order chi connectivity index (χ0) is 14.4. The van der Waals surface area contributed by atoms with Crippen molar-refractivity contribution in [3.63, 3.8) is 0 Å². The molecule has 4 nitrogen and oxygen atoms in total. The Morgan fingerprint density at radius 2 is 1.71 bits per heavy atom. The summed E-state index contributed by atoms with van der Waals surface area (Å²) in [6.45, 7) is 1.95. The van der Waals surface area contributed by atoms with Crippen molar-refractivity contribution in [3.8, 4) is 11.4 Å². The summed E-state index contributed by atoms with van der Waals surface area (Å²) in [5.74, 6) is 1.55. The van der Waals surface area contributed by atoms with Gasteiger partial charge in [0.25, 0.3) is 0 Å². The van der Waals surface area contributed by atoms with E-state index in [-0.39, 0.29) is 0 Å². The molecular weight excluding hydrogens is 284 g/mol. The highest BCUT2D eigenvalue weighted by Crippen LogP contribution is 2.28. The predicted molar refractivity (Wildman–Crippen MR) is 83.5 cm³/mol.